The van der Waals surface area contributed by atoms with E-state index in [4.69, 9.17) is 13.6 Å². The highest BCUT2D eigenvalue weighted by molar-refractivity contribution is 5.88. The third-order valence-corrected chi connectivity index (χ3v) is 6.16. The van der Waals surface area contributed by atoms with E-state index in [0.29, 0.717) is 16.5 Å². The van der Waals surface area contributed by atoms with E-state index in [1.807, 2.05) is 0 Å². The van der Waals surface area contributed by atoms with Crippen molar-refractivity contribution in [2.24, 2.45) is 0 Å². The Hall–Kier alpha value is -4.85. The second-order valence-corrected chi connectivity index (χ2v) is 8.25. The monoisotopic (exact) mass is 484 g/mol. The standard InChI is InChI=1S/C28H20O8/c1-34-24(31)12-19(21-14-35-23-5-3-2-4-17(23)26(21)32)25-22(30)11-10-18-27(33)20(13-36-28(18)25)15-6-8-16(29)9-7-15/h2-11,13-14,19,29-30H,12H2,1H3/t19-/m1/s1. The fourth-order valence-corrected chi connectivity index (χ4v) is 4.34. The molecular formula is C28H20O8. The first-order valence-electron chi connectivity index (χ1n) is 11.0. The fourth-order valence-electron chi connectivity index (χ4n) is 4.34. The van der Waals surface area contributed by atoms with Crippen molar-refractivity contribution in [3.05, 3.63) is 105 Å². The highest BCUT2D eigenvalue weighted by atomic mass is 16.5. The lowest BCUT2D eigenvalue weighted by atomic mass is 9.86. The fraction of sp³-hybridized carbons (Fsp3) is 0.107. The summed E-state index contributed by atoms with van der Waals surface area (Å²) in [4.78, 5) is 39.1. The summed E-state index contributed by atoms with van der Waals surface area (Å²) in [6.07, 6.45) is 2.19. The molecule has 5 rings (SSSR count). The number of fused-ring (bicyclic) bond motifs is 2. The molecule has 1 atom stereocenters. The third kappa shape index (κ3) is 3.88. The number of benzene rings is 3. The number of para-hydroxylation sites is 1. The lowest BCUT2D eigenvalue weighted by Crippen LogP contribution is -2.19. The molecule has 0 saturated heterocycles. The summed E-state index contributed by atoms with van der Waals surface area (Å²) in [5.74, 6) is -1.86. The number of hydrogen-bond acceptors (Lipinski definition) is 8. The number of rotatable bonds is 5. The Labute approximate surface area is 203 Å². The Bertz CT molecular complexity index is 1730. The van der Waals surface area contributed by atoms with E-state index in [2.05, 4.69) is 0 Å². The van der Waals surface area contributed by atoms with Crippen LogP contribution >= 0.6 is 0 Å². The molecule has 36 heavy (non-hydrogen) atoms. The first kappa shape index (κ1) is 22.9. The van der Waals surface area contributed by atoms with Crippen LogP contribution < -0.4 is 10.9 Å². The maximum Gasteiger partial charge on any atom is 0.306 e. The Morgan fingerprint density at radius 3 is 2.39 bits per heavy atom. The highest BCUT2D eigenvalue weighted by Crippen LogP contribution is 2.39. The van der Waals surface area contributed by atoms with Crippen LogP contribution in [-0.2, 0) is 9.53 Å². The van der Waals surface area contributed by atoms with E-state index < -0.39 is 11.9 Å². The number of phenols is 2. The van der Waals surface area contributed by atoms with Gasteiger partial charge >= 0.3 is 5.97 Å². The summed E-state index contributed by atoms with van der Waals surface area (Å²) in [6, 6.07) is 15.5. The maximum atomic E-state index is 13.4. The minimum absolute atomic E-state index is 0.0315. The third-order valence-electron chi connectivity index (χ3n) is 6.16. The van der Waals surface area contributed by atoms with Gasteiger partial charge in [-0.25, -0.2) is 0 Å². The Morgan fingerprint density at radius 1 is 0.889 bits per heavy atom. The van der Waals surface area contributed by atoms with Crippen LogP contribution in [0.15, 0.2) is 91.6 Å². The normalized spacial score (nSPS) is 12.0. The molecule has 0 aliphatic heterocycles. The van der Waals surface area contributed by atoms with Gasteiger partial charge in [-0.15, -0.1) is 0 Å². The van der Waals surface area contributed by atoms with Crippen molar-refractivity contribution in [3.8, 4) is 22.6 Å². The van der Waals surface area contributed by atoms with Gasteiger partial charge in [0.25, 0.3) is 0 Å². The van der Waals surface area contributed by atoms with E-state index in [9.17, 15) is 24.6 Å². The molecule has 180 valence electrons. The lowest BCUT2D eigenvalue weighted by Gasteiger charge is -2.19. The molecule has 0 aliphatic rings. The van der Waals surface area contributed by atoms with E-state index >= 15 is 0 Å². The Morgan fingerprint density at radius 2 is 1.64 bits per heavy atom. The summed E-state index contributed by atoms with van der Waals surface area (Å²) < 4.78 is 16.4. The average Bonchev–Trinajstić information content (AvgIpc) is 2.89. The highest BCUT2D eigenvalue weighted by Gasteiger charge is 2.29. The molecule has 0 aliphatic carbocycles. The number of esters is 1. The van der Waals surface area contributed by atoms with Crippen molar-refractivity contribution in [1.82, 2.24) is 0 Å². The summed E-state index contributed by atoms with van der Waals surface area (Å²) >= 11 is 0. The molecule has 8 nitrogen and oxygen atoms in total. The van der Waals surface area contributed by atoms with Gasteiger partial charge in [0.2, 0.25) is 5.43 Å². The number of aromatic hydroxyl groups is 2. The minimum atomic E-state index is -1.02. The number of carbonyl (C=O) groups excluding carboxylic acids is 1. The molecule has 8 heteroatoms. The van der Waals surface area contributed by atoms with Gasteiger partial charge in [0.05, 0.1) is 36.1 Å². The average molecular weight is 484 g/mol. The molecule has 2 aromatic heterocycles. The molecular weight excluding hydrogens is 464 g/mol. The number of ether oxygens (including phenoxy) is 1. The predicted octanol–water partition coefficient (Wildman–Crippen LogP) is 4.67. The van der Waals surface area contributed by atoms with Gasteiger partial charge < -0.3 is 23.8 Å². The van der Waals surface area contributed by atoms with Gasteiger partial charge in [0.1, 0.15) is 28.9 Å². The van der Waals surface area contributed by atoms with Crippen molar-refractivity contribution in [2.45, 2.75) is 12.3 Å². The molecule has 0 spiro atoms. The zero-order chi connectivity index (χ0) is 25.4. The molecule has 5 aromatic rings. The van der Waals surface area contributed by atoms with Crippen LogP contribution in [-0.4, -0.2) is 23.3 Å². The van der Waals surface area contributed by atoms with Crippen LogP contribution in [0.4, 0.5) is 0 Å². The molecule has 2 N–H and O–H groups in total. The Kier molecular flexibility index (Phi) is 5.77. The van der Waals surface area contributed by atoms with Crippen molar-refractivity contribution in [1.29, 1.82) is 0 Å². The van der Waals surface area contributed by atoms with E-state index in [0.717, 1.165) is 0 Å². The largest absolute Gasteiger partial charge is 0.508 e. The predicted molar refractivity (Wildman–Crippen MR) is 132 cm³/mol. The number of methoxy groups -OCH3 is 1. The zero-order valence-corrected chi connectivity index (χ0v) is 19.1. The quantitative estimate of drug-likeness (QED) is 0.345. The number of hydrogen-bond donors (Lipinski definition) is 2. The lowest BCUT2D eigenvalue weighted by molar-refractivity contribution is -0.140. The zero-order valence-electron chi connectivity index (χ0n) is 19.1. The molecule has 0 bridgehead atoms. The topological polar surface area (TPSA) is 127 Å². The van der Waals surface area contributed by atoms with Crippen LogP contribution in [0.5, 0.6) is 11.5 Å². The summed E-state index contributed by atoms with van der Waals surface area (Å²) in [7, 11) is 1.22. The smallest absolute Gasteiger partial charge is 0.306 e. The van der Waals surface area contributed by atoms with E-state index in [1.165, 1.54) is 43.9 Å². The molecule has 3 aromatic carbocycles. The van der Waals surface area contributed by atoms with Crippen LogP contribution in [0.3, 0.4) is 0 Å². The first-order valence-corrected chi connectivity index (χ1v) is 11.0. The molecule has 0 amide bonds. The summed E-state index contributed by atoms with van der Waals surface area (Å²) in [5, 5.41) is 20.9. The van der Waals surface area contributed by atoms with Crippen molar-refractivity contribution in [2.75, 3.05) is 7.11 Å². The Balaban J connectivity index is 1.76. The van der Waals surface area contributed by atoms with Crippen LogP contribution in [0.1, 0.15) is 23.5 Å². The second kappa shape index (κ2) is 9.07. The minimum Gasteiger partial charge on any atom is -0.508 e. The first-order chi connectivity index (χ1) is 17.4. The second-order valence-electron chi connectivity index (χ2n) is 8.25. The van der Waals surface area contributed by atoms with Gasteiger partial charge in [-0.05, 0) is 42.0 Å². The molecule has 0 saturated carbocycles. The van der Waals surface area contributed by atoms with Gasteiger partial charge in [-0.1, -0.05) is 24.3 Å². The van der Waals surface area contributed by atoms with Gasteiger partial charge in [0, 0.05) is 17.0 Å². The molecule has 2 heterocycles. The molecule has 0 radical (unpaired) electrons. The summed E-state index contributed by atoms with van der Waals surface area (Å²) in [6.45, 7) is 0. The molecule has 0 unspecified atom stereocenters. The number of phenolic OH excluding ortho intramolecular Hbond substituents is 2. The SMILES string of the molecule is COC(=O)C[C@H](c1coc2ccccc2c1=O)c1c(O)ccc2c(=O)c(-c3ccc(O)cc3)coc12. The number of carbonyl (C=O) groups is 1. The molecule has 0 fully saturated rings. The van der Waals surface area contributed by atoms with Gasteiger partial charge in [-0.3, -0.25) is 14.4 Å². The van der Waals surface area contributed by atoms with Crippen LogP contribution in [0.25, 0.3) is 33.1 Å². The maximum absolute atomic E-state index is 13.4. The van der Waals surface area contributed by atoms with Crippen molar-refractivity contribution in [3.63, 3.8) is 0 Å². The van der Waals surface area contributed by atoms with Crippen molar-refractivity contribution < 1.29 is 28.6 Å². The summed E-state index contributed by atoms with van der Waals surface area (Å²) in [5.41, 5.74) is 0.602. The van der Waals surface area contributed by atoms with Crippen LogP contribution in [0.2, 0.25) is 0 Å². The van der Waals surface area contributed by atoms with Crippen LogP contribution in [0, 0.1) is 0 Å². The van der Waals surface area contributed by atoms with E-state index in [1.54, 1.807) is 36.4 Å². The van der Waals surface area contributed by atoms with Crippen molar-refractivity contribution >= 4 is 27.9 Å². The van der Waals surface area contributed by atoms with Gasteiger partial charge in [-0.2, -0.15) is 0 Å². The van der Waals surface area contributed by atoms with Gasteiger partial charge in [0.15, 0.2) is 5.43 Å². The van der Waals surface area contributed by atoms with E-state index in [-0.39, 0.29) is 56.4 Å².